The summed E-state index contributed by atoms with van der Waals surface area (Å²) >= 11 is 5.77. The Balaban J connectivity index is 0.000000409. The van der Waals surface area contributed by atoms with Crippen molar-refractivity contribution in [3.63, 3.8) is 0 Å². The van der Waals surface area contributed by atoms with E-state index in [0.717, 1.165) is 97.3 Å². The van der Waals surface area contributed by atoms with E-state index in [1.807, 2.05) is 26.8 Å². The predicted molar refractivity (Wildman–Crippen MR) is 436 cm³/mol. The van der Waals surface area contributed by atoms with E-state index in [4.69, 9.17) is 33.0 Å². The Morgan fingerprint density at radius 1 is 0.460 bits per heavy atom. The van der Waals surface area contributed by atoms with Gasteiger partial charge in [0.25, 0.3) is 0 Å². The second-order valence-electron chi connectivity index (χ2n) is 26.0. The summed E-state index contributed by atoms with van der Waals surface area (Å²) in [6.45, 7) is 11.6. The minimum Gasteiger partial charge on any atom is -0.870 e. The van der Waals surface area contributed by atoms with Crippen molar-refractivity contribution >= 4 is 88.3 Å². The van der Waals surface area contributed by atoms with Crippen LogP contribution in [0, 0.1) is 50.4 Å². The molecule has 8 heterocycles. The number of ketones is 1. The van der Waals surface area contributed by atoms with E-state index in [2.05, 4.69) is 91.4 Å². The fourth-order valence-corrected chi connectivity index (χ4v) is 10.3. The quantitative estimate of drug-likeness (QED) is 0.0103. The largest absolute Gasteiger partial charge is 1.00 e. The van der Waals surface area contributed by atoms with Gasteiger partial charge in [-0.2, -0.15) is 83.6 Å². The molecule has 8 aromatic heterocycles. The van der Waals surface area contributed by atoms with Crippen LogP contribution in [0.25, 0.3) is 45.0 Å². The molecular formula is C79H80Cl2F12LiN23O9. The molecule has 4 atom stereocenters. The van der Waals surface area contributed by atoms with E-state index in [1.54, 1.807) is 123 Å². The number of Topliss-reactive ketones (excluding diaryl/α,β-unsaturated/α-hetero) is 1. The first-order valence-corrected chi connectivity index (χ1v) is 36.1. The van der Waals surface area contributed by atoms with Crippen LogP contribution in [0.2, 0.25) is 5.28 Å². The molecule has 0 saturated carbocycles. The number of ether oxygens (including phenoxy) is 2. The van der Waals surface area contributed by atoms with Crippen molar-refractivity contribution in [2.75, 3.05) is 42.4 Å². The molecule has 0 aliphatic rings. The van der Waals surface area contributed by atoms with E-state index in [9.17, 15) is 71.9 Å². The topological polar surface area (TPSA) is 479 Å². The maximum atomic E-state index is 12.9. The van der Waals surface area contributed by atoms with Gasteiger partial charge in [-0.25, -0.2) is 54.3 Å². The number of carboxylic acids is 1. The van der Waals surface area contributed by atoms with E-state index in [-0.39, 0.29) is 108 Å². The molecule has 0 bridgehead atoms. The Bertz CT molecular complexity index is 5640. The number of aromatic nitrogens is 16. The Morgan fingerprint density at radius 3 is 0.992 bits per heavy atom. The van der Waals surface area contributed by atoms with Gasteiger partial charge in [-0.15, -0.1) is 12.4 Å². The van der Waals surface area contributed by atoms with Crippen LogP contribution in [-0.2, 0) is 9.47 Å². The average molecular weight is 1800 g/mol. The van der Waals surface area contributed by atoms with Gasteiger partial charge in [0.15, 0.2) is 5.78 Å². The smallest absolute Gasteiger partial charge is 0.870 e. The fraction of sp³-hybridized carbons (Fsp3) is 0.266. The molecule has 4 unspecified atom stereocenters. The van der Waals surface area contributed by atoms with Crippen LogP contribution >= 0.6 is 24.0 Å². The third-order valence-corrected chi connectivity index (χ3v) is 17.3. The molecule has 4 aromatic carbocycles. The first-order valence-electron chi connectivity index (χ1n) is 35.8. The van der Waals surface area contributed by atoms with E-state index in [1.165, 1.54) is 69.7 Å². The number of nitrogen functional groups attached to an aromatic ring is 1. The molecule has 0 aliphatic heterocycles. The number of carboxylic acid groups (broad SMARTS) is 1. The Labute approximate surface area is 734 Å². The number of aromatic carboxylic acids is 1. The summed E-state index contributed by atoms with van der Waals surface area (Å²) in [5, 5.41) is 48.5. The molecule has 0 saturated heterocycles. The number of aryl methyl sites for hydroxylation is 4. The van der Waals surface area contributed by atoms with Crippen LogP contribution in [0.3, 0.4) is 0 Å². The number of benzene rings is 4. The molecular weight excluding hydrogens is 1720 g/mol. The Kier molecular flexibility index (Phi) is 40.6. The summed E-state index contributed by atoms with van der Waals surface area (Å²) in [5.41, 5.74) is 21.5. The number of esters is 2. The number of nitriles is 2. The third kappa shape index (κ3) is 30.8. The van der Waals surface area contributed by atoms with Gasteiger partial charge in [0.1, 0.15) is 24.2 Å². The maximum Gasteiger partial charge on any atom is 1.00 e. The van der Waals surface area contributed by atoms with Gasteiger partial charge in [0.05, 0.1) is 120 Å². The zero-order valence-corrected chi connectivity index (χ0v) is 70.0. The summed E-state index contributed by atoms with van der Waals surface area (Å²) in [6, 6.07) is 23.5. The monoisotopic (exact) mass is 1800 g/mol. The molecule has 32 nitrogen and oxygen atoms in total. The number of anilines is 7. The predicted octanol–water partition coefficient (Wildman–Crippen LogP) is 13.9. The number of hydrogen-bond acceptors (Lipinski definition) is 26. The zero-order chi connectivity index (χ0) is 90.1. The summed E-state index contributed by atoms with van der Waals surface area (Å²) in [4.78, 5) is 79.7. The van der Waals surface area contributed by atoms with Crippen LogP contribution < -0.4 is 46.3 Å². The summed E-state index contributed by atoms with van der Waals surface area (Å²) in [7, 11) is 2.66. The average Bonchev–Trinajstić information content (AvgIpc) is 0.885. The molecule has 12 aromatic rings. The summed E-state index contributed by atoms with van der Waals surface area (Å²) in [6.07, 6.45) is -0.883. The zero-order valence-electron chi connectivity index (χ0n) is 68.5. The summed E-state index contributed by atoms with van der Waals surface area (Å²) < 4.78 is 164. The second-order valence-corrected chi connectivity index (χ2v) is 26.4. The van der Waals surface area contributed by atoms with Crippen molar-refractivity contribution in [3.8, 4) is 57.2 Å². The number of carbonyl (C=O) groups excluding carboxylic acids is 3. The number of carbonyl (C=O) groups is 4. The van der Waals surface area contributed by atoms with Gasteiger partial charge in [-0.3, -0.25) is 23.5 Å². The van der Waals surface area contributed by atoms with Crippen molar-refractivity contribution in [1.82, 2.24) is 79.0 Å². The Hall–Kier alpha value is -13.5. The number of nitrogens with one attached hydrogen (secondary N) is 3. The standard InChI is InChI=1S/C21H19F3N6O.C19H18F3N5O2.C18H16F3N5O2.C13H11ClN2O2.C6H8F3N3.C2H4N2.ClH.Li.2H2O/c1-13-10-26-20(28-17-11-27-30(12-17)14(2)21(22,23)24)29-19(13)16-7-5-15(6-8-16)18(31)4-3-9-25;1-11-8-23-18(25-15-9-24-27(10-15)12(2)19(20,21)22)26-16(11)13-4-6-14(7-5-13)17(28)29-3;1-10-7-22-17(24-14-8-23-26(9-14)11(2)18(19,20)21)25-15(10)12-3-5-13(6-4-12)16(27)28;1-8-7-15-13(14)16-11(8)9-3-5-10(6-4-9)12(17)18-2;1-4(6(7,8)9)12-3-5(10)2-11-12;3-1-2-4;;;;/h5-8,10-12,14H,3-4H2,1-2H3,(H,26,28,29);4-10,12H,1-3H3,(H,23,25,26);3-9,11H,1-2H3,(H,27,28)(H,22,24,25);3-7H,1-2H3;2-4H,10H2,1H3;1,3H2;1H;;2*1H2/q;;;;;;;+1;;/p-1. The molecule has 0 radical (unpaired) electrons. The van der Waals surface area contributed by atoms with Crippen LogP contribution in [0.5, 0.6) is 0 Å². The number of rotatable bonds is 20. The number of methoxy groups -OCH3 is 2. The molecule has 664 valence electrons. The number of alkyl halides is 12. The van der Waals surface area contributed by atoms with Gasteiger partial charge in [-0.05, 0) is 126 Å². The van der Waals surface area contributed by atoms with Gasteiger partial charge in [0.2, 0.25) is 23.1 Å². The van der Waals surface area contributed by atoms with Crippen molar-refractivity contribution in [2.24, 2.45) is 5.73 Å². The Morgan fingerprint density at radius 2 is 0.730 bits per heavy atom. The molecule has 47 heteroatoms. The molecule has 0 aliphatic carbocycles. The normalized spacial score (nSPS) is 11.7. The van der Waals surface area contributed by atoms with Gasteiger partial charge in [0, 0.05) is 90.2 Å². The molecule has 0 spiro atoms. The maximum absolute atomic E-state index is 12.9. The second kappa shape index (κ2) is 48.0. The third-order valence-electron chi connectivity index (χ3n) is 17.1. The van der Waals surface area contributed by atoms with Gasteiger partial charge < -0.3 is 53.0 Å². The number of hydrogen-bond donors (Lipinski definition) is 6. The van der Waals surface area contributed by atoms with Crippen molar-refractivity contribution in [2.45, 2.75) is 117 Å². The molecule has 0 fully saturated rings. The number of halogens is 14. The molecule has 0 amide bonds. The van der Waals surface area contributed by atoms with Gasteiger partial charge in [-0.1, -0.05) is 60.7 Å². The van der Waals surface area contributed by atoms with Crippen LogP contribution in [-0.4, -0.2) is 164 Å². The van der Waals surface area contributed by atoms with Crippen LogP contribution in [0.1, 0.15) is 128 Å². The molecule has 12 rings (SSSR count). The van der Waals surface area contributed by atoms with Crippen LogP contribution in [0.4, 0.5) is 93.3 Å². The van der Waals surface area contributed by atoms with Crippen LogP contribution in [0.15, 0.2) is 171 Å². The van der Waals surface area contributed by atoms with Crippen molar-refractivity contribution in [1.29, 1.82) is 10.5 Å². The van der Waals surface area contributed by atoms with Crippen molar-refractivity contribution < 1.29 is 116 Å². The fourth-order valence-electron chi connectivity index (χ4n) is 10.2. The van der Waals surface area contributed by atoms with Gasteiger partial charge >= 0.3 is 61.5 Å². The van der Waals surface area contributed by atoms with Crippen molar-refractivity contribution in [3.05, 3.63) is 221 Å². The number of nitrogens with two attached hydrogens (primary N) is 2. The van der Waals surface area contributed by atoms with E-state index in [0.29, 0.717) is 56.4 Å². The molecule has 126 heavy (non-hydrogen) atoms. The number of nitrogens with zero attached hydrogens (tertiary/aromatic N) is 18. The minimum absolute atomic E-state index is 0. The van der Waals surface area contributed by atoms with E-state index < -0.39 is 60.8 Å². The SMILES string of the molecule is CC(n1cc(N)cn1)C(F)(F)F.COC(=O)c1ccc(-c2nc(Cl)ncc2C)cc1.COC(=O)c1ccc(-c2nc(Nc3cnn(C(C)C(F)(F)F)c3)ncc2C)cc1.Cc1cnc(Nc2cnn(C(C)C(F)(F)F)c2)nc1-c1ccc(C(=O)CCC#N)cc1.Cc1cnc(Nc2cnn(C(C)C(F)(F)F)c2)nc1-c1ccc(C(=O)O)cc1.Cl.N#CCN.O.[Li+].[OH-]. The first-order chi connectivity index (χ1) is 57.5. The molecule has 11 N–H and O–H groups in total. The summed E-state index contributed by atoms with van der Waals surface area (Å²) in [5.74, 6) is -1.35. The van der Waals surface area contributed by atoms with E-state index >= 15 is 0 Å². The minimum atomic E-state index is -4.40. The first kappa shape index (κ1) is 107.